The Labute approximate surface area is 110 Å². The molecule has 1 fully saturated rings. The predicted octanol–water partition coefficient (Wildman–Crippen LogP) is 0.401. The van der Waals surface area contributed by atoms with Crippen molar-refractivity contribution in [1.82, 2.24) is 0 Å². The van der Waals surface area contributed by atoms with E-state index in [0.29, 0.717) is 29.9 Å². The summed E-state index contributed by atoms with van der Waals surface area (Å²) in [5.74, 6) is -0.608. The van der Waals surface area contributed by atoms with E-state index < -0.39 is 5.97 Å². The molecule has 1 amide bonds. The van der Waals surface area contributed by atoms with Gasteiger partial charge in [-0.2, -0.15) is 0 Å². The van der Waals surface area contributed by atoms with Crippen LogP contribution in [0.2, 0.25) is 0 Å². The first-order valence-electron chi connectivity index (χ1n) is 5.96. The van der Waals surface area contributed by atoms with Gasteiger partial charge in [0.25, 0.3) is 0 Å². The van der Waals surface area contributed by atoms with Gasteiger partial charge < -0.3 is 20.5 Å². The second-order valence-electron chi connectivity index (χ2n) is 4.52. The molecule has 1 heterocycles. The van der Waals surface area contributed by atoms with Crippen LogP contribution in [0.3, 0.4) is 0 Å². The average molecular weight is 264 g/mol. The first kappa shape index (κ1) is 13.4. The van der Waals surface area contributed by atoms with E-state index in [-0.39, 0.29) is 18.4 Å². The molecule has 1 aliphatic rings. The van der Waals surface area contributed by atoms with Crippen molar-refractivity contribution >= 4 is 23.3 Å². The number of aliphatic hydroxyl groups is 1. The quantitative estimate of drug-likeness (QED) is 0.609. The van der Waals surface area contributed by atoms with Gasteiger partial charge in [-0.15, -0.1) is 0 Å². The number of ether oxygens (including phenoxy) is 1. The summed E-state index contributed by atoms with van der Waals surface area (Å²) in [6.07, 6.45) is 0.314. The molecule has 0 radical (unpaired) electrons. The van der Waals surface area contributed by atoms with Gasteiger partial charge in [-0.05, 0) is 18.2 Å². The van der Waals surface area contributed by atoms with Crippen LogP contribution >= 0.6 is 0 Å². The molecule has 1 aromatic rings. The molecule has 0 aromatic heterocycles. The number of esters is 1. The number of benzene rings is 1. The van der Waals surface area contributed by atoms with Crippen LogP contribution in [0, 0.1) is 5.92 Å². The maximum Gasteiger partial charge on any atom is 0.337 e. The number of nitrogens with two attached hydrogens (primary N) is 1. The Kier molecular flexibility index (Phi) is 3.71. The number of rotatable bonds is 3. The molecule has 0 spiro atoms. The maximum atomic E-state index is 11.8. The zero-order valence-electron chi connectivity index (χ0n) is 10.6. The summed E-state index contributed by atoms with van der Waals surface area (Å²) >= 11 is 0. The summed E-state index contributed by atoms with van der Waals surface area (Å²) in [5.41, 5.74) is 7.13. The van der Waals surface area contributed by atoms with Crippen LogP contribution in [0.5, 0.6) is 0 Å². The van der Waals surface area contributed by atoms with Gasteiger partial charge in [0.15, 0.2) is 0 Å². The first-order valence-corrected chi connectivity index (χ1v) is 5.96. The van der Waals surface area contributed by atoms with E-state index in [1.807, 2.05) is 0 Å². The number of amides is 1. The topological polar surface area (TPSA) is 92.9 Å². The smallest absolute Gasteiger partial charge is 0.337 e. The van der Waals surface area contributed by atoms with Crippen molar-refractivity contribution in [2.24, 2.45) is 5.92 Å². The summed E-state index contributed by atoms with van der Waals surface area (Å²) in [4.78, 5) is 24.7. The summed E-state index contributed by atoms with van der Waals surface area (Å²) in [6, 6.07) is 4.68. The fourth-order valence-electron chi connectivity index (χ4n) is 2.18. The van der Waals surface area contributed by atoms with Crippen molar-refractivity contribution in [3.8, 4) is 0 Å². The molecule has 0 bridgehead atoms. The van der Waals surface area contributed by atoms with Crippen molar-refractivity contribution in [3.63, 3.8) is 0 Å². The number of nitrogens with zero attached hydrogens (tertiary/aromatic N) is 1. The number of carbonyl (C=O) groups excluding carboxylic acids is 2. The molecule has 0 saturated carbocycles. The van der Waals surface area contributed by atoms with Crippen molar-refractivity contribution in [1.29, 1.82) is 0 Å². The van der Waals surface area contributed by atoms with E-state index in [1.165, 1.54) is 18.1 Å². The number of hydrogen-bond acceptors (Lipinski definition) is 5. The Morgan fingerprint density at radius 3 is 2.84 bits per heavy atom. The van der Waals surface area contributed by atoms with Crippen LogP contribution in [-0.4, -0.2) is 37.2 Å². The Balaban J connectivity index is 2.27. The summed E-state index contributed by atoms with van der Waals surface area (Å²) in [5, 5.41) is 9.10. The number of hydrogen-bond donors (Lipinski definition) is 2. The molecule has 1 saturated heterocycles. The Bertz CT molecular complexity index is 515. The van der Waals surface area contributed by atoms with Gasteiger partial charge in [0, 0.05) is 25.5 Å². The third kappa shape index (κ3) is 2.53. The second kappa shape index (κ2) is 5.27. The van der Waals surface area contributed by atoms with Crippen LogP contribution in [0.4, 0.5) is 11.4 Å². The lowest BCUT2D eigenvalue weighted by molar-refractivity contribution is -0.117. The van der Waals surface area contributed by atoms with Crippen molar-refractivity contribution in [2.45, 2.75) is 6.42 Å². The van der Waals surface area contributed by atoms with Crippen LogP contribution in [0.15, 0.2) is 18.2 Å². The normalized spacial score (nSPS) is 18.7. The third-order valence-corrected chi connectivity index (χ3v) is 3.20. The lowest BCUT2D eigenvalue weighted by Gasteiger charge is -2.19. The molecule has 1 atom stereocenters. The molecular weight excluding hydrogens is 248 g/mol. The van der Waals surface area contributed by atoms with Crippen molar-refractivity contribution in [3.05, 3.63) is 23.8 Å². The molecule has 1 aliphatic heterocycles. The highest BCUT2D eigenvalue weighted by molar-refractivity contribution is 6.00. The SMILES string of the molecule is COC(=O)c1ccc(N2CC(CO)CC2=O)c(N)c1. The standard InChI is InChI=1S/C13H16N2O4/c1-19-13(18)9-2-3-11(10(14)5-9)15-6-8(7-16)4-12(15)17/h2-3,5,8,16H,4,6-7,14H2,1H3. The molecule has 6 heteroatoms. The van der Waals surface area contributed by atoms with E-state index in [4.69, 9.17) is 10.8 Å². The highest BCUT2D eigenvalue weighted by Crippen LogP contribution is 2.30. The van der Waals surface area contributed by atoms with E-state index in [2.05, 4.69) is 4.74 Å². The van der Waals surface area contributed by atoms with E-state index >= 15 is 0 Å². The van der Waals surface area contributed by atoms with E-state index in [0.717, 1.165) is 0 Å². The van der Waals surface area contributed by atoms with E-state index in [9.17, 15) is 9.59 Å². The van der Waals surface area contributed by atoms with Gasteiger partial charge in [-0.1, -0.05) is 0 Å². The van der Waals surface area contributed by atoms with Gasteiger partial charge in [0.05, 0.1) is 24.0 Å². The Morgan fingerprint density at radius 1 is 1.58 bits per heavy atom. The van der Waals surface area contributed by atoms with Crippen molar-refractivity contribution < 1.29 is 19.4 Å². The van der Waals surface area contributed by atoms with Gasteiger partial charge in [-0.25, -0.2) is 4.79 Å². The van der Waals surface area contributed by atoms with Crippen molar-refractivity contribution in [2.75, 3.05) is 30.9 Å². The minimum Gasteiger partial charge on any atom is -0.465 e. The number of carbonyl (C=O) groups is 2. The minimum atomic E-state index is -0.473. The number of methoxy groups -OCH3 is 1. The molecule has 2 rings (SSSR count). The largest absolute Gasteiger partial charge is 0.465 e. The zero-order chi connectivity index (χ0) is 14.0. The number of nitrogen functional groups attached to an aromatic ring is 1. The predicted molar refractivity (Wildman–Crippen MR) is 69.7 cm³/mol. The highest BCUT2D eigenvalue weighted by atomic mass is 16.5. The second-order valence-corrected chi connectivity index (χ2v) is 4.52. The van der Waals surface area contributed by atoms with Gasteiger partial charge in [0.1, 0.15) is 0 Å². The number of anilines is 2. The average Bonchev–Trinajstić information content (AvgIpc) is 2.79. The molecular formula is C13H16N2O4. The molecule has 19 heavy (non-hydrogen) atoms. The highest BCUT2D eigenvalue weighted by Gasteiger charge is 2.31. The zero-order valence-corrected chi connectivity index (χ0v) is 10.6. The fraction of sp³-hybridized carbons (Fsp3) is 0.385. The Morgan fingerprint density at radius 2 is 2.32 bits per heavy atom. The molecule has 3 N–H and O–H groups in total. The maximum absolute atomic E-state index is 11.8. The van der Waals surface area contributed by atoms with Crippen LogP contribution < -0.4 is 10.6 Å². The van der Waals surface area contributed by atoms with Crippen LogP contribution in [0.1, 0.15) is 16.8 Å². The lowest BCUT2D eigenvalue weighted by atomic mass is 10.1. The molecule has 0 aliphatic carbocycles. The summed E-state index contributed by atoms with van der Waals surface area (Å²) < 4.78 is 4.60. The molecule has 102 valence electrons. The summed E-state index contributed by atoms with van der Waals surface area (Å²) in [7, 11) is 1.29. The van der Waals surface area contributed by atoms with E-state index in [1.54, 1.807) is 12.1 Å². The molecule has 6 nitrogen and oxygen atoms in total. The first-order chi connectivity index (χ1) is 9.06. The van der Waals surface area contributed by atoms with Gasteiger partial charge in [-0.3, -0.25) is 4.79 Å². The number of aliphatic hydroxyl groups excluding tert-OH is 1. The third-order valence-electron chi connectivity index (χ3n) is 3.20. The lowest BCUT2D eigenvalue weighted by Crippen LogP contribution is -2.26. The summed E-state index contributed by atoms with van der Waals surface area (Å²) in [6.45, 7) is 0.416. The van der Waals surface area contributed by atoms with Crippen LogP contribution in [0.25, 0.3) is 0 Å². The minimum absolute atomic E-state index is 0.0254. The molecule has 1 aromatic carbocycles. The monoisotopic (exact) mass is 264 g/mol. The van der Waals surface area contributed by atoms with Gasteiger partial charge >= 0.3 is 5.97 Å². The fourth-order valence-corrected chi connectivity index (χ4v) is 2.18. The Hall–Kier alpha value is -2.08. The molecule has 1 unspecified atom stereocenters. The van der Waals surface area contributed by atoms with Crippen LogP contribution in [-0.2, 0) is 9.53 Å². The van der Waals surface area contributed by atoms with Gasteiger partial charge in [0.2, 0.25) is 5.91 Å².